The smallest absolute Gasteiger partial charge is 0.255 e. The van der Waals surface area contributed by atoms with E-state index >= 15 is 0 Å². The lowest BCUT2D eigenvalue weighted by atomic mass is 9.97. The Bertz CT molecular complexity index is 459. The molecule has 0 aliphatic carbocycles. The number of benzene rings is 1. The van der Waals surface area contributed by atoms with Crippen molar-refractivity contribution in [2.75, 3.05) is 26.8 Å². The van der Waals surface area contributed by atoms with Crippen LogP contribution in [0.25, 0.3) is 0 Å². The van der Waals surface area contributed by atoms with Gasteiger partial charge in [-0.1, -0.05) is 0 Å². The number of ether oxygens (including phenoxy) is 1. The number of hydrogen-bond donors (Lipinski definition) is 0. The molecule has 1 aromatic carbocycles. The maximum Gasteiger partial charge on any atom is 0.255 e. The Balaban J connectivity index is 2.03. The second kappa shape index (κ2) is 6.48. The Morgan fingerprint density at radius 2 is 2.16 bits per heavy atom. The van der Waals surface area contributed by atoms with Gasteiger partial charge in [0, 0.05) is 31.3 Å². The molecule has 1 fully saturated rings. The number of halogens is 2. The molecule has 19 heavy (non-hydrogen) atoms. The van der Waals surface area contributed by atoms with Crippen LogP contribution in [-0.2, 0) is 4.74 Å². The highest BCUT2D eigenvalue weighted by Gasteiger charge is 2.24. The third-order valence-electron chi connectivity index (χ3n) is 3.46. The zero-order valence-electron chi connectivity index (χ0n) is 10.9. The summed E-state index contributed by atoms with van der Waals surface area (Å²) >= 11 is 3.30. The molecule has 0 N–H and O–H groups in total. The predicted octanol–water partition coefficient (Wildman–Crippen LogP) is 3.09. The van der Waals surface area contributed by atoms with E-state index in [1.54, 1.807) is 18.1 Å². The molecule has 1 amide bonds. The lowest BCUT2D eigenvalue weighted by Gasteiger charge is -2.31. The summed E-state index contributed by atoms with van der Waals surface area (Å²) in [5, 5.41) is 0. The first kappa shape index (κ1) is 14.5. The van der Waals surface area contributed by atoms with Gasteiger partial charge in [0.1, 0.15) is 5.82 Å². The molecule has 0 atom stereocenters. The zero-order chi connectivity index (χ0) is 13.8. The monoisotopic (exact) mass is 329 g/mol. The maximum absolute atomic E-state index is 13.2. The normalized spacial score (nSPS) is 16.7. The van der Waals surface area contributed by atoms with Crippen molar-refractivity contribution in [3.05, 3.63) is 34.1 Å². The summed E-state index contributed by atoms with van der Waals surface area (Å²) in [5.41, 5.74) is 0.394. The third-order valence-corrected chi connectivity index (χ3v) is 4.15. The van der Waals surface area contributed by atoms with Gasteiger partial charge in [-0.2, -0.15) is 0 Å². The van der Waals surface area contributed by atoms with Crippen molar-refractivity contribution in [3.63, 3.8) is 0 Å². The Hall–Kier alpha value is -0.940. The first-order valence-corrected chi connectivity index (χ1v) is 7.14. The summed E-state index contributed by atoms with van der Waals surface area (Å²) in [6.07, 6.45) is 1.87. The molecule has 3 nitrogen and oxygen atoms in total. The minimum Gasteiger partial charge on any atom is -0.384 e. The van der Waals surface area contributed by atoms with Gasteiger partial charge < -0.3 is 9.64 Å². The number of methoxy groups -OCH3 is 1. The van der Waals surface area contributed by atoms with Gasteiger partial charge in [-0.3, -0.25) is 4.79 Å². The van der Waals surface area contributed by atoms with Gasteiger partial charge in [-0.25, -0.2) is 4.39 Å². The summed E-state index contributed by atoms with van der Waals surface area (Å²) < 4.78 is 19.0. The van der Waals surface area contributed by atoms with Crippen molar-refractivity contribution in [1.29, 1.82) is 0 Å². The highest BCUT2D eigenvalue weighted by molar-refractivity contribution is 9.10. The number of rotatable bonds is 3. The Labute approximate surface area is 120 Å². The number of carbonyl (C=O) groups is 1. The summed E-state index contributed by atoms with van der Waals surface area (Å²) in [6, 6.07) is 4.19. The predicted molar refractivity (Wildman–Crippen MR) is 74.6 cm³/mol. The number of amides is 1. The van der Waals surface area contributed by atoms with E-state index in [0.717, 1.165) is 19.4 Å². The van der Waals surface area contributed by atoms with Crippen LogP contribution in [0.2, 0.25) is 0 Å². The van der Waals surface area contributed by atoms with Crippen molar-refractivity contribution < 1.29 is 13.9 Å². The second-order valence-corrected chi connectivity index (χ2v) is 5.67. The van der Waals surface area contributed by atoms with Gasteiger partial charge in [0.15, 0.2) is 0 Å². The molecule has 0 aromatic heterocycles. The van der Waals surface area contributed by atoms with Crippen molar-refractivity contribution in [1.82, 2.24) is 4.90 Å². The Morgan fingerprint density at radius 3 is 2.79 bits per heavy atom. The van der Waals surface area contributed by atoms with Crippen LogP contribution in [0.5, 0.6) is 0 Å². The van der Waals surface area contributed by atoms with Gasteiger partial charge in [0.2, 0.25) is 0 Å². The third kappa shape index (κ3) is 3.54. The van der Waals surface area contributed by atoms with E-state index in [-0.39, 0.29) is 11.7 Å². The molecule has 1 aromatic rings. The first-order valence-electron chi connectivity index (χ1n) is 6.35. The molecular weight excluding hydrogens is 313 g/mol. The van der Waals surface area contributed by atoms with Crippen LogP contribution in [-0.4, -0.2) is 37.6 Å². The molecule has 1 aliphatic heterocycles. The fourth-order valence-electron chi connectivity index (χ4n) is 2.37. The van der Waals surface area contributed by atoms with E-state index in [1.165, 1.54) is 12.1 Å². The molecule has 0 radical (unpaired) electrons. The van der Waals surface area contributed by atoms with Crippen molar-refractivity contribution in [3.8, 4) is 0 Å². The summed E-state index contributed by atoms with van der Waals surface area (Å²) in [4.78, 5) is 14.1. The van der Waals surface area contributed by atoms with Crippen LogP contribution in [0, 0.1) is 11.7 Å². The number of hydrogen-bond acceptors (Lipinski definition) is 2. The van der Waals surface area contributed by atoms with E-state index in [0.29, 0.717) is 29.0 Å². The van der Waals surface area contributed by atoms with Crippen molar-refractivity contribution in [2.45, 2.75) is 12.8 Å². The fourth-order valence-corrected chi connectivity index (χ4v) is 2.79. The zero-order valence-corrected chi connectivity index (χ0v) is 12.5. The maximum atomic E-state index is 13.2. The molecule has 2 rings (SSSR count). The average Bonchev–Trinajstić information content (AvgIpc) is 2.42. The van der Waals surface area contributed by atoms with E-state index < -0.39 is 0 Å². The lowest BCUT2D eigenvalue weighted by molar-refractivity contribution is 0.0612. The standard InChI is InChI=1S/C14H17BrFNO2/c1-19-9-10-4-6-17(7-5-10)14(18)12-8-11(16)2-3-13(12)15/h2-3,8,10H,4-7,9H2,1H3. The number of carbonyl (C=O) groups excluding carboxylic acids is 1. The largest absolute Gasteiger partial charge is 0.384 e. The van der Waals surface area contributed by atoms with Crippen LogP contribution in [0.3, 0.4) is 0 Å². The molecule has 0 spiro atoms. The number of piperidine rings is 1. The molecule has 104 valence electrons. The molecule has 0 bridgehead atoms. The highest BCUT2D eigenvalue weighted by Crippen LogP contribution is 2.23. The molecule has 1 heterocycles. The van der Waals surface area contributed by atoms with Crippen LogP contribution in [0.1, 0.15) is 23.2 Å². The van der Waals surface area contributed by atoms with Crippen LogP contribution >= 0.6 is 15.9 Å². The second-order valence-electron chi connectivity index (χ2n) is 4.82. The molecular formula is C14H17BrFNO2. The molecule has 0 unspecified atom stereocenters. The average molecular weight is 330 g/mol. The summed E-state index contributed by atoms with van der Waals surface area (Å²) in [6.45, 7) is 2.15. The van der Waals surface area contributed by atoms with Crippen molar-refractivity contribution >= 4 is 21.8 Å². The van der Waals surface area contributed by atoms with Gasteiger partial charge in [-0.15, -0.1) is 0 Å². The van der Waals surface area contributed by atoms with Gasteiger partial charge in [0.25, 0.3) is 5.91 Å². The van der Waals surface area contributed by atoms with E-state index in [1.807, 2.05) is 0 Å². The molecule has 0 saturated carbocycles. The van der Waals surface area contributed by atoms with E-state index in [2.05, 4.69) is 15.9 Å². The summed E-state index contributed by atoms with van der Waals surface area (Å²) in [5.74, 6) is 0.0214. The highest BCUT2D eigenvalue weighted by atomic mass is 79.9. The minimum atomic E-state index is -0.388. The van der Waals surface area contributed by atoms with Crippen molar-refractivity contribution in [2.24, 2.45) is 5.92 Å². The quantitative estimate of drug-likeness (QED) is 0.852. The number of nitrogens with zero attached hydrogens (tertiary/aromatic N) is 1. The van der Waals surface area contributed by atoms with Gasteiger partial charge in [0.05, 0.1) is 5.56 Å². The van der Waals surface area contributed by atoms with Crippen LogP contribution in [0.4, 0.5) is 4.39 Å². The summed E-state index contributed by atoms with van der Waals surface area (Å²) in [7, 11) is 1.70. The van der Waals surface area contributed by atoms with E-state index in [9.17, 15) is 9.18 Å². The molecule has 1 aliphatic rings. The Kier molecular flexibility index (Phi) is 4.93. The van der Waals surface area contributed by atoms with Crippen LogP contribution in [0.15, 0.2) is 22.7 Å². The number of likely N-dealkylation sites (tertiary alicyclic amines) is 1. The van der Waals surface area contributed by atoms with E-state index in [4.69, 9.17) is 4.74 Å². The first-order chi connectivity index (χ1) is 9.11. The minimum absolute atomic E-state index is 0.109. The molecule has 5 heteroatoms. The topological polar surface area (TPSA) is 29.5 Å². The lowest BCUT2D eigenvalue weighted by Crippen LogP contribution is -2.39. The van der Waals surface area contributed by atoms with Gasteiger partial charge >= 0.3 is 0 Å². The molecule has 1 saturated heterocycles. The Morgan fingerprint density at radius 1 is 1.47 bits per heavy atom. The fraction of sp³-hybridized carbons (Fsp3) is 0.500. The SMILES string of the molecule is COCC1CCN(C(=O)c2cc(F)ccc2Br)CC1. The van der Waals surface area contributed by atoms with Crippen LogP contribution < -0.4 is 0 Å². The van der Waals surface area contributed by atoms with Gasteiger partial charge in [-0.05, 0) is 52.9 Å².